The van der Waals surface area contributed by atoms with E-state index < -0.39 is 0 Å². The molecule has 0 aromatic rings. The zero-order valence-corrected chi connectivity index (χ0v) is 4.77. The van der Waals surface area contributed by atoms with Gasteiger partial charge in [0.15, 0.2) is 0 Å². The van der Waals surface area contributed by atoms with Gasteiger partial charge in [-0.15, -0.1) is 0 Å². The van der Waals surface area contributed by atoms with Crippen molar-refractivity contribution >= 4 is 0 Å². The molecule has 0 saturated carbocycles. The van der Waals surface area contributed by atoms with E-state index in [1.54, 1.807) is 19.4 Å². The van der Waals surface area contributed by atoms with Gasteiger partial charge in [-0.2, -0.15) is 0 Å². The fraction of sp³-hybridized carbons (Fsp3) is 0.429. The average Bonchev–Trinajstić information content (AvgIpc) is 1.61. The Hall–Kier alpha value is -0.720. The van der Waals surface area contributed by atoms with Crippen molar-refractivity contribution in [2.75, 3.05) is 7.11 Å². The molecule has 0 aliphatic heterocycles. The van der Waals surface area contributed by atoms with Gasteiger partial charge in [-0.25, -0.2) is 0 Å². The Balaban J connectivity index is 0. The minimum Gasteiger partial charge on any atom is -0.504 e. The lowest BCUT2D eigenvalue weighted by molar-refractivity contribution is 0.338. The molecule has 0 aliphatic rings. The van der Waals surface area contributed by atoms with E-state index in [9.17, 15) is 0 Å². The second-order valence-corrected chi connectivity index (χ2v) is 1.38. The van der Waals surface area contributed by atoms with Crippen LogP contribution in [0.1, 0.15) is 14.4 Å². The molecular formula is C7H14O. The maximum atomic E-state index is 4.61. The van der Waals surface area contributed by atoms with Gasteiger partial charge in [0.1, 0.15) is 0 Å². The van der Waals surface area contributed by atoms with Gasteiger partial charge in [0.25, 0.3) is 0 Å². The van der Waals surface area contributed by atoms with E-state index in [1.807, 2.05) is 6.92 Å². The topological polar surface area (TPSA) is 9.23 Å². The first kappa shape index (κ1) is 10.3. The molecule has 0 aromatic carbocycles. The van der Waals surface area contributed by atoms with Gasteiger partial charge in [0, 0.05) is 0 Å². The normalized spacial score (nSPS) is 8.25. The van der Waals surface area contributed by atoms with Crippen LogP contribution in [0.3, 0.4) is 0 Å². The molecule has 0 aromatic heterocycles. The van der Waals surface area contributed by atoms with E-state index in [0.29, 0.717) is 0 Å². The minimum atomic E-state index is 0. The van der Waals surface area contributed by atoms with Crippen molar-refractivity contribution in [3.05, 3.63) is 24.5 Å². The summed E-state index contributed by atoms with van der Waals surface area (Å²) in [6, 6.07) is 0. The van der Waals surface area contributed by atoms with Crippen molar-refractivity contribution in [1.82, 2.24) is 0 Å². The fourth-order valence-corrected chi connectivity index (χ4v) is 0.184. The van der Waals surface area contributed by atoms with Gasteiger partial charge in [-0.3, -0.25) is 0 Å². The smallest absolute Gasteiger partial charge is 0.0827 e. The molecular weight excluding hydrogens is 100 g/mol. The standard InChI is InChI=1S/C6H10O.CH4/c1-6(2)4-5-7-3;/h4-5H,1H2,2-3H3;1H4. The van der Waals surface area contributed by atoms with Crippen molar-refractivity contribution in [3.63, 3.8) is 0 Å². The quantitative estimate of drug-likeness (QED) is 0.395. The molecule has 0 fully saturated rings. The molecule has 48 valence electrons. The fourth-order valence-electron chi connectivity index (χ4n) is 0.184. The molecule has 0 aliphatic carbocycles. The van der Waals surface area contributed by atoms with Crippen molar-refractivity contribution in [3.8, 4) is 0 Å². The van der Waals surface area contributed by atoms with Crippen LogP contribution in [0.5, 0.6) is 0 Å². The zero-order valence-electron chi connectivity index (χ0n) is 4.77. The van der Waals surface area contributed by atoms with Gasteiger partial charge in [0.2, 0.25) is 0 Å². The van der Waals surface area contributed by atoms with E-state index in [0.717, 1.165) is 5.57 Å². The van der Waals surface area contributed by atoms with Crippen LogP contribution < -0.4 is 0 Å². The lowest BCUT2D eigenvalue weighted by Gasteiger charge is -1.83. The average molecular weight is 114 g/mol. The largest absolute Gasteiger partial charge is 0.504 e. The minimum absolute atomic E-state index is 0. The van der Waals surface area contributed by atoms with E-state index in [1.165, 1.54) is 0 Å². The predicted molar refractivity (Wildman–Crippen MR) is 37.7 cm³/mol. The highest BCUT2D eigenvalue weighted by Gasteiger charge is 1.67. The summed E-state index contributed by atoms with van der Waals surface area (Å²) in [5.74, 6) is 0. The SMILES string of the molecule is C.C=C(C)C=COC. The number of hydrogen-bond acceptors (Lipinski definition) is 1. The summed E-state index contributed by atoms with van der Waals surface area (Å²) >= 11 is 0. The highest BCUT2D eigenvalue weighted by molar-refractivity contribution is 5.08. The first-order valence-corrected chi connectivity index (χ1v) is 2.12. The molecule has 1 nitrogen and oxygen atoms in total. The molecule has 0 radical (unpaired) electrons. The van der Waals surface area contributed by atoms with Crippen LogP contribution in [0, 0.1) is 0 Å². The van der Waals surface area contributed by atoms with E-state index >= 15 is 0 Å². The molecule has 0 bridgehead atoms. The number of hydrogen-bond donors (Lipinski definition) is 0. The third kappa shape index (κ3) is 8.99. The van der Waals surface area contributed by atoms with E-state index in [2.05, 4.69) is 11.3 Å². The molecule has 0 spiro atoms. The second-order valence-electron chi connectivity index (χ2n) is 1.38. The van der Waals surface area contributed by atoms with Crippen LogP contribution in [0.15, 0.2) is 24.5 Å². The molecule has 0 unspecified atom stereocenters. The van der Waals surface area contributed by atoms with Gasteiger partial charge >= 0.3 is 0 Å². The Labute approximate surface area is 51.7 Å². The van der Waals surface area contributed by atoms with Crippen molar-refractivity contribution in [2.24, 2.45) is 0 Å². The Kier molecular flexibility index (Phi) is 8.08. The van der Waals surface area contributed by atoms with E-state index in [4.69, 9.17) is 0 Å². The van der Waals surface area contributed by atoms with Crippen LogP contribution in [0.2, 0.25) is 0 Å². The summed E-state index contributed by atoms with van der Waals surface area (Å²) in [7, 11) is 1.61. The Morgan fingerprint density at radius 2 is 2.12 bits per heavy atom. The molecule has 0 atom stereocenters. The molecule has 8 heavy (non-hydrogen) atoms. The first-order chi connectivity index (χ1) is 3.27. The third-order valence-electron chi connectivity index (χ3n) is 0.489. The van der Waals surface area contributed by atoms with Gasteiger partial charge in [0.05, 0.1) is 13.4 Å². The van der Waals surface area contributed by atoms with Crippen molar-refractivity contribution in [2.45, 2.75) is 14.4 Å². The summed E-state index contributed by atoms with van der Waals surface area (Å²) < 4.78 is 4.61. The Morgan fingerprint density at radius 1 is 1.62 bits per heavy atom. The second kappa shape index (κ2) is 6.28. The Morgan fingerprint density at radius 3 is 2.25 bits per heavy atom. The van der Waals surface area contributed by atoms with Crippen LogP contribution in [-0.2, 0) is 4.74 Å². The van der Waals surface area contributed by atoms with E-state index in [-0.39, 0.29) is 7.43 Å². The molecule has 0 amide bonds. The van der Waals surface area contributed by atoms with Gasteiger partial charge < -0.3 is 4.74 Å². The maximum absolute atomic E-state index is 4.61. The summed E-state index contributed by atoms with van der Waals surface area (Å²) in [6.45, 7) is 5.54. The number of methoxy groups -OCH3 is 1. The summed E-state index contributed by atoms with van der Waals surface area (Å²) in [4.78, 5) is 0. The number of rotatable bonds is 2. The monoisotopic (exact) mass is 114 g/mol. The van der Waals surface area contributed by atoms with Gasteiger partial charge in [-0.05, 0) is 13.0 Å². The molecule has 0 heterocycles. The third-order valence-corrected chi connectivity index (χ3v) is 0.489. The molecule has 1 heteroatoms. The summed E-state index contributed by atoms with van der Waals surface area (Å²) in [6.07, 6.45) is 3.41. The maximum Gasteiger partial charge on any atom is 0.0827 e. The molecule has 0 N–H and O–H groups in total. The summed E-state index contributed by atoms with van der Waals surface area (Å²) in [5, 5.41) is 0. The Bertz CT molecular complexity index is 82.4. The van der Waals surface area contributed by atoms with Crippen molar-refractivity contribution in [1.29, 1.82) is 0 Å². The van der Waals surface area contributed by atoms with Crippen LogP contribution in [0.25, 0.3) is 0 Å². The predicted octanol–water partition coefficient (Wildman–Crippen LogP) is 2.36. The number of ether oxygens (including phenoxy) is 1. The van der Waals surface area contributed by atoms with Crippen LogP contribution in [0.4, 0.5) is 0 Å². The zero-order chi connectivity index (χ0) is 5.70. The lowest BCUT2D eigenvalue weighted by Crippen LogP contribution is -1.64. The molecule has 0 rings (SSSR count). The van der Waals surface area contributed by atoms with Crippen LogP contribution in [-0.4, -0.2) is 7.11 Å². The lowest BCUT2D eigenvalue weighted by atomic mass is 10.4. The van der Waals surface area contributed by atoms with Crippen molar-refractivity contribution < 1.29 is 4.74 Å². The van der Waals surface area contributed by atoms with Crippen LogP contribution >= 0.6 is 0 Å². The highest BCUT2D eigenvalue weighted by atomic mass is 16.5. The summed E-state index contributed by atoms with van der Waals surface area (Å²) in [5.41, 5.74) is 1.00. The first-order valence-electron chi connectivity index (χ1n) is 2.12. The van der Waals surface area contributed by atoms with Gasteiger partial charge in [-0.1, -0.05) is 19.6 Å². The molecule has 0 saturated heterocycles. The highest BCUT2D eigenvalue weighted by Crippen LogP contribution is 1.86. The number of allylic oxidation sites excluding steroid dienone is 2.